The third-order valence-electron chi connectivity index (χ3n) is 6.15. The second kappa shape index (κ2) is 10.9. The van der Waals surface area contributed by atoms with Crippen molar-refractivity contribution >= 4 is 23.5 Å². The van der Waals surface area contributed by atoms with Crippen LogP contribution >= 0.6 is 11.6 Å². The van der Waals surface area contributed by atoms with Crippen molar-refractivity contribution in [3.05, 3.63) is 100 Å². The molecule has 0 bridgehead atoms. The maximum Gasteiger partial charge on any atom is 0.431 e. The van der Waals surface area contributed by atoms with E-state index in [4.69, 9.17) is 11.6 Å². The first-order valence-electron chi connectivity index (χ1n) is 11.8. The van der Waals surface area contributed by atoms with Crippen molar-refractivity contribution in [3.63, 3.8) is 0 Å². The number of aromatic nitrogens is 3. The predicted molar refractivity (Wildman–Crippen MR) is 142 cm³/mol. The molecule has 0 N–H and O–H groups in total. The predicted octanol–water partition coefficient (Wildman–Crippen LogP) is 6.31. The highest BCUT2D eigenvalue weighted by Gasteiger charge is 2.41. The van der Waals surface area contributed by atoms with E-state index in [9.17, 15) is 18.0 Å². The average Bonchev–Trinajstić information content (AvgIpc) is 3.16. The molecule has 6 nitrogen and oxygen atoms in total. The van der Waals surface area contributed by atoms with E-state index in [1.807, 2.05) is 14.1 Å². The quantitative estimate of drug-likeness (QED) is 0.275. The first kappa shape index (κ1) is 27.2. The van der Waals surface area contributed by atoms with Gasteiger partial charge in [0.1, 0.15) is 11.4 Å². The molecule has 4 aromatic rings. The van der Waals surface area contributed by atoms with Crippen LogP contribution in [0.25, 0.3) is 11.1 Å². The lowest BCUT2D eigenvalue weighted by Gasteiger charge is -2.21. The summed E-state index contributed by atoms with van der Waals surface area (Å²) in [7, 11) is 5.17. The molecule has 0 aliphatic heterocycles. The van der Waals surface area contributed by atoms with Gasteiger partial charge in [-0.3, -0.25) is 4.79 Å². The van der Waals surface area contributed by atoms with Crippen LogP contribution in [0.3, 0.4) is 0 Å². The number of nitrogens with zero attached hydrogens (tertiary/aromatic N) is 5. The van der Waals surface area contributed by atoms with Crippen molar-refractivity contribution in [2.75, 3.05) is 26.0 Å². The normalized spacial score (nSPS) is 11.5. The van der Waals surface area contributed by atoms with Crippen LogP contribution in [-0.2, 0) is 19.3 Å². The van der Waals surface area contributed by atoms with Gasteiger partial charge in [0.05, 0.1) is 0 Å². The SMILES string of the molecule is Cc1c(-c2ccc(Cl)cc2)c(C(=O)N(C)Cc2cnc(N(C)C)nc2)n(Cc2ccccc2)c1C(F)(F)F. The highest BCUT2D eigenvalue weighted by Crippen LogP contribution is 2.42. The number of hydrogen-bond acceptors (Lipinski definition) is 4. The third kappa shape index (κ3) is 5.67. The molecule has 2 aromatic heterocycles. The van der Waals surface area contributed by atoms with E-state index in [2.05, 4.69) is 9.97 Å². The van der Waals surface area contributed by atoms with E-state index in [0.29, 0.717) is 27.7 Å². The summed E-state index contributed by atoms with van der Waals surface area (Å²) in [4.78, 5) is 25.6. The molecule has 0 saturated heterocycles. The highest BCUT2D eigenvalue weighted by atomic mass is 35.5. The van der Waals surface area contributed by atoms with Gasteiger partial charge in [0.15, 0.2) is 0 Å². The van der Waals surface area contributed by atoms with Gasteiger partial charge < -0.3 is 14.4 Å². The summed E-state index contributed by atoms with van der Waals surface area (Å²) in [6.07, 6.45) is -1.49. The Labute approximate surface area is 224 Å². The third-order valence-corrected chi connectivity index (χ3v) is 6.40. The van der Waals surface area contributed by atoms with Crippen LogP contribution in [0.4, 0.5) is 19.1 Å². The lowest BCUT2D eigenvalue weighted by atomic mass is 10.00. The standard InChI is InChI=1S/C28H27ClF3N5O/c1-18-23(21-10-12-22(29)13-11-21)24(26(38)36(4)16-20-14-33-27(34-15-20)35(2)3)37(25(18)28(30,31)32)17-19-8-6-5-7-9-19/h5-15H,16-17H2,1-4H3. The van der Waals surface area contributed by atoms with Crippen LogP contribution in [0.15, 0.2) is 67.0 Å². The molecular formula is C28H27ClF3N5O. The monoisotopic (exact) mass is 541 g/mol. The number of alkyl halides is 3. The van der Waals surface area contributed by atoms with Gasteiger partial charge in [0, 0.05) is 62.8 Å². The Morgan fingerprint density at radius 3 is 2.11 bits per heavy atom. The van der Waals surface area contributed by atoms with Gasteiger partial charge in [-0.25, -0.2) is 9.97 Å². The first-order chi connectivity index (χ1) is 18.0. The maximum atomic E-state index is 14.5. The van der Waals surface area contributed by atoms with Gasteiger partial charge in [-0.1, -0.05) is 54.1 Å². The van der Waals surface area contributed by atoms with Crippen LogP contribution < -0.4 is 4.90 Å². The molecule has 198 valence electrons. The Bertz CT molecular complexity index is 1420. The minimum Gasteiger partial charge on any atom is -0.347 e. The van der Waals surface area contributed by atoms with E-state index < -0.39 is 17.8 Å². The summed E-state index contributed by atoms with van der Waals surface area (Å²) >= 11 is 6.05. The van der Waals surface area contributed by atoms with Gasteiger partial charge in [0.2, 0.25) is 5.95 Å². The number of benzene rings is 2. The van der Waals surface area contributed by atoms with E-state index >= 15 is 0 Å². The minimum absolute atomic E-state index is 0.0221. The number of rotatable bonds is 7. The summed E-state index contributed by atoms with van der Waals surface area (Å²) in [6, 6.07) is 15.2. The van der Waals surface area contributed by atoms with Gasteiger partial charge in [-0.05, 0) is 35.7 Å². The van der Waals surface area contributed by atoms with Crippen LogP contribution in [-0.4, -0.2) is 46.5 Å². The molecule has 1 amide bonds. The molecule has 2 heterocycles. The van der Waals surface area contributed by atoms with Crippen molar-refractivity contribution in [2.24, 2.45) is 0 Å². The molecule has 10 heteroatoms. The van der Waals surface area contributed by atoms with Crippen LogP contribution in [0.5, 0.6) is 0 Å². The molecule has 0 fully saturated rings. The molecule has 0 aliphatic carbocycles. The van der Waals surface area contributed by atoms with Gasteiger partial charge in [-0.2, -0.15) is 13.2 Å². The number of halogens is 4. The number of amides is 1. The molecule has 0 saturated carbocycles. The van der Waals surface area contributed by atoms with Crippen molar-refractivity contribution < 1.29 is 18.0 Å². The molecule has 0 unspecified atom stereocenters. The summed E-state index contributed by atoms with van der Waals surface area (Å²) in [6.45, 7) is 1.39. The molecule has 0 spiro atoms. The molecule has 0 atom stereocenters. The Hall–Kier alpha value is -3.85. The molecule has 0 aliphatic rings. The molecule has 0 radical (unpaired) electrons. The van der Waals surface area contributed by atoms with E-state index in [0.717, 1.165) is 4.57 Å². The van der Waals surface area contributed by atoms with Crippen LogP contribution in [0, 0.1) is 6.92 Å². The molecule has 2 aromatic carbocycles. The smallest absolute Gasteiger partial charge is 0.347 e. The fourth-order valence-corrected chi connectivity index (χ4v) is 4.54. The molecule has 4 rings (SSSR count). The largest absolute Gasteiger partial charge is 0.431 e. The highest BCUT2D eigenvalue weighted by molar-refractivity contribution is 6.30. The Balaban J connectivity index is 1.86. The Morgan fingerprint density at radius 2 is 1.55 bits per heavy atom. The van der Waals surface area contributed by atoms with E-state index in [-0.39, 0.29) is 29.9 Å². The summed E-state index contributed by atoms with van der Waals surface area (Å²) in [5.74, 6) is -0.0453. The number of carbonyl (C=O) groups excluding carboxylic acids is 1. The van der Waals surface area contributed by atoms with Gasteiger partial charge >= 0.3 is 6.18 Å². The van der Waals surface area contributed by atoms with Gasteiger partial charge in [0.25, 0.3) is 5.91 Å². The lowest BCUT2D eigenvalue weighted by molar-refractivity contribution is -0.143. The zero-order valence-corrected chi connectivity index (χ0v) is 22.2. The van der Waals surface area contributed by atoms with Crippen molar-refractivity contribution in [1.29, 1.82) is 0 Å². The first-order valence-corrected chi connectivity index (χ1v) is 12.2. The summed E-state index contributed by atoms with van der Waals surface area (Å²) < 4.78 is 44.6. The molecule has 38 heavy (non-hydrogen) atoms. The Morgan fingerprint density at radius 1 is 0.947 bits per heavy atom. The fraction of sp³-hybridized carbons (Fsp3) is 0.250. The minimum atomic E-state index is -4.69. The summed E-state index contributed by atoms with van der Waals surface area (Å²) in [5.41, 5.74) is 1.05. The lowest BCUT2D eigenvalue weighted by Crippen LogP contribution is -2.30. The average molecular weight is 542 g/mol. The Kier molecular flexibility index (Phi) is 7.78. The van der Waals surface area contributed by atoms with E-state index in [1.165, 1.54) is 11.8 Å². The van der Waals surface area contributed by atoms with Crippen molar-refractivity contribution in [1.82, 2.24) is 19.4 Å². The molecular weight excluding hydrogens is 515 g/mol. The zero-order valence-electron chi connectivity index (χ0n) is 21.4. The fourth-order valence-electron chi connectivity index (χ4n) is 4.41. The van der Waals surface area contributed by atoms with Crippen molar-refractivity contribution in [3.8, 4) is 11.1 Å². The number of hydrogen-bond donors (Lipinski definition) is 0. The van der Waals surface area contributed by atoms with Gasteiger partial charge in [-0.15, -0.1) is 0 Å². The van der Waals surface area contributed by atoms with Crippen LogP contribution in [0.1, 0.15) is 32.9 Å². The van der Waals surface area contributed by atoms with Crippen LogP contribution in [0.2, 0.25) is 5.02 Å². The maximum absolute atomic E-state index is 14.5. The second-order valence-corrected chi connectivity index (χ2v) is 9.66. The van der Waals surface area contributed by atoms with E-state index in [1.54, 1.807) is 78.9 Å². The zero-order chi connectivity index (χ0) is 27.6. The summed E-state index contributed by atoms with van der Waals surface area (Å²) in [5, 5.41) is 0.442. The number of carbonyl (C=O) groups is 1. The van der Waals surface area contributed by atoms with Crippen molar-refractivity contribution in [2.45, 2.75) is 26.2 Å². The second-order valence-electron chi connectivity index (χ2n) is 9.22. The number of anilines is 1. The topological polar surface area (TPSA) is 54.3 Å².